The molecule has 3 aromatic rings. The molecule has 47 heavy (non-hydrogen) atoms. The molecule has 0 aliphatic carbocycles. The number of nitrogens with one attached hydrogen (secondary N) is 1. The van der Waals surface area contributed by atoms with Crippen molar-refractivity contribution in [3.63, 3.8) is 0 Å². The maximum Gasteiger partial charge on any atom is 0.251 e. The fourth-order valence-corrected chi connectivity index (χ4v) is 6.17. The number of carbonyl (C=O) groups is 4. The average molecular weight is 640 g/mol. The topological polar surface area (TPSA) is 123 Å². The highest BCUT2D eigenvalue weighted by Crippen LogP contribution is 2.30. The second-order valence-electron chi connectivity index (χ2n) is 11.7. The number of rotatable bonds is 13. The van der Waals surface area contributed by atoms with Gasteiger partial charge in [0.1, 0.15) is 18.0 Å². The summed E-state index contributed by atoms with van der Waals surface area (Å²) in [4.78, 5) is 58.0. The third-order valence-corrected chi connectivity index (χ3v) is 8.42. The van der Waals surface area contributed by atoms with E-state index in [0.717, 1.165) is 16.7 Å². The highest BCUT2D eigenvalue weighted by Gasteiger charge is 2.51. The minimum atomic E-state index is -0.887. The van der Waals surface area contributed by atoms with Crippen molar-refractivity contribution in [1.82, 2.24) is 25.1 Å². The van der Waals surface area contributed by atoms with E-state index in [9.17, 15) is 24.3 Å². The molecule has 0 aromatic heterocycles. The van der Waals surface area contributed by atoms with Crippen molar-refractivity contribution in [2.24, 2.45) is 0 Å². The van der Waals surface area contributed by atoms with E-state index in [2.05, 4.69) is 11.9 Å². The summed E-state index contributed by atoms with van der Waals surface area (Å²) in [6.07, 6.45) is 1.85. The summed E-state index contributed by atoms with van der Waals surface area (Å²) in [7, 11) is 1.56. The third kappa shape index (κ3) is 8.05. The number of carbonyl (C=O) groups excluding carboxylic acids is 4. The monoisotopic (exact) mass is 639 g/mol. The van der Waals surface area contributed by atoms with E-state index in [0.29, 0.717) is 25.1 Å². The zero-order valence-corrected chi connectivity index (χ0v) is 26.6. The summed E-state index contributed by atoms with van der Waals surface area (Å²) in [6.45, 7) is 5.08. The van der Waals surface area contributed by atoms with Gasteiger partial charge < -0.3 is 25.0 Å². The Bertz CT molecular complexity index is 1580. The number of hydrogen-bond acceptors (Lipinski definition) is 7. The standard InChI is InChI=1S/C36H41N5O6/c1-3-19-39-25-34(44)40-31(22-27-12-15-30(42)16-13-27)36(46)38(23-28-10-7-11-29(21-28)35(45)37-18-20-47-2)24-32(40)41(39)33(43)17-14-26-8-5-4-6-9-26/h3-13,15-16,21,31-32,42H,1,14,17-20,22-25H2,2H3,(H,37,45)/t31-,32-/m0/s1. The van der Waals surface area contributed by atoms with Crippen LogP contribution in [0.2, 0.25) is 0 Å². The second-order valence-corrected chi connectivity index (χ2v) is 11.7. The Morgan fingerprint density at radius 1 is 1.00 bits per heavy atom. The van der Waals surface area contributed by atoms with Gasteiger partial charge in [-0.05, 0) is 47.4 Å². The summed E-state index contributed by atoms with van der Waals surface area (Å²) >= 11 is 0. The van der Waals surface area contributed by atoms with Crippen LogP contribution >= 0.6 is 0 Å². The van der Waals surface area contributed by atoms with Crippen molar-refractivity contribution in [3.8, 4) is 5.75 Å². The third-order valence-electron chi connectivity index (χ3n) is 8.42. The summed E-state index contributed by atoms with van der Waals surface area (Å²) in [6, 6.07) is 22.5. The van der Waals surface area contributed by atoms with E-state index < -0.39 is 12.2 Å². The predicted molar refractivity (Wildman–Crippen MR) is 176 cm³/mol. The lowest BCUT2D eigenvalue weighted by Gasteiger charge is -2.55. The van der Waals surface area contributed by atoms with Crippen LogP contribution in [-0.2, 0) is 38.5 Å². The normalized spacial score (nSPS) is 18.2. The molecule has 2 aliphatic heterocycles. The average Bonchev–Trinajstić information content (AvgIpc) is 3.07. The molecule has 0 saturated carbocycles. The lowest BCUT2D eigenvalue weighted by atomic mass is 9.97. The Labute approximate surface area is 275 Å². The van der Waals surface area contributed by atoms with Gasteiger partial charge in [0.25, 0.3) is 5.91 Å². The molecule has 2 aliphatic rings. The Kier molecular flexibility index (Phi) is 11.0. The van der Waals surface area contributed by atoms with Crippen LogP contribution in [0.4, 0.5) is 0 Å². The van der Waals surface area contributed by atoms with E-state index in [1.54, 1.807) is 75.5 Å². The Morgan fingerprint density at radius 2 is 1.74 bits per heavy atom. The molecule has 246 valence electrons. The van der Waals surface area contributed by atoms with Crippen LogP contribution in [0.5, 0.6) is 5.75 Å². The molecule has 0 spiro atoms. The molecule has 5 rings (SSSR count). The molecule has 0 unspecified atom stereocenters. The van der Waals surface area contributed by atoms with E-state index in [4.69, 9.17) is 4.74 Å². The van der Waals surface area contributed by atoms with Gasteiger partial charge in [-0.1, -0.05) is 60.7 Å². The van der Waals surface area contributed by atoms with Crippen LogP contribution < -0.4 is 5.32 Å². The second kappa shape index (κ2) is 15.5. The van der Waals surface area contributed by atoms with Crippen LogP contribution in [0, 0.1) is 0 Å². The quantitative estimate of drug-likeness (QED) is 0.218. The van der Waals surface area contributed by atoms with Gasteiger partial charge >= 0.3 is 0 Å². The minimum Gasteiger partial charge on any atom is -0.508 e. The van der Waals surface area contributed by atoms with Gasteiger partial charge in [0, 0.05) is 45.1 Å². The Morgan fingerprint density at radius 3 is 2.47 bits per heavy atom. The van der Waals surface area contributed by atoms with Crippen molar-refractivity contribution >= 4 is 23.6 Å². The predicted octanol–water partition coefficient (Wildman–Crippen LogP) is 2.75. The molecule has 0 bridgehead atoms. The van der Waals surface area contributed by atoms with Crippen LogP contribution in [0.3, 0.4) is 0 Å². The summed E-state index contributed by atoms with van der Waals surface area (Å²) in [5.74, 6) is -0.829. The number of hydrogen-bond donors (Lipinski definition) is 2. The van der Waals surface area contributed by atoms with Crippen LogP contribution in [0.25, 0.3) is 0 Å². The first-order valence-corrected chi connectivity index (χ1v) is 15.7. The van der Waals surface area contributed by atoms with Crippen molar-refractivity contribution in [2.45, 2.75) is 38.0 Å². The smallest absolute Gasteiger partial charge is 0.251 e. The molecular weight excluding hydrogens is 598 g/mol. The number of phenolic OH excluding ortho intramolecular Hbond substituents is 1. The number of fused-ring (bicyclic) bond motifs is 1. The maximum absolute atomic E-state index is 14.2. The van der Waals surface area contributed by atoms with Crippen molar-refractivity contribution in [2.75, 3.05) is 39.9 Å². The Hall–Kier alpha value is -5.00. The van der Waals surface area contributed by atoms with Crippen molar-refractivity contribution in [3.05, 3.63) is 114 Å². The van der Waals surface area contributed by atoms with Gasteiger partial charge in [0.15, 0.2) is 0 Å². The summed E-state index contributed by atoms with van der Waals surface area (Å²) in [5.41, 5.74) is 2.98. The molecular formula is C36H41N5O6. The van der Waals surface area contributed by atoms with Gasteiger partial charge in [-0.25, -0.2) is 10.0 Å². The fraction of sp³-hybridized carbons (Fsp3) is 0.333. The molecule has 2 saturated heterocycles. The molecule has 4 amide bonds. The van der Waals surface area contributed by atoms with Crippen molar-refractivity contribution in [1.29, 1.82) is 0 Å². The number of methoxy groups -OCH3 is 1. The number of ether oxygens (including phenoxy) is 1. The van der Waals surface area contributed by atoms with Crippen molar-refractivity contribution < 1.29 is 29.0 Å². The highest BCUT2D eigenvalue weighted by atomic mass is 16.5. The molecule has 11 heteroatoms. The van der Waals surface area contributed by atoms with Gasteiger partial charge in [-0.2, -0.15) is 0 Å². The molecule has 0 radical (unpaired) electrons. The number of piperazine rings is 1. The first-order valence-electron chi connectivity index (χ1n) is 15.7. The van der Waals surface area contributed by atoms with Gasteiger partial charge in [0.05, 0.1) is 19.7 Å². The number of benzene rings is 3. The lowest BCUT2D eigenvalue weighted by Crippen LogP contribution is -2.75. The molecule has 2 fully saturated rings. The lowest BCUT2D eigenvalue weighted by molar-refractivity contribution is -0.205. The highest BCUT2D eigenvalue weighted by molar-refractivity contribution is 5.94. The number of nitrogens with zero attached hydrogens (tertiary/aromatic N) is 4. The zero-order chi connectivity index (χ0) is 33.3. The van der Waals surface area contributed by atoms with Gasteiger partial charge in [-0.15, -0.1) is 6.58 Å². The van der Waals surface area contributed by atoms with Gasteiger partial charge in [0.2, 0.25) is 17.7 Å². The molecule has 3 aromatic carbocycles. The molecule has 2 N–H and O–H groups in total. The Balaban J connectivity index is 1.46. The maximum atomic E-state index is 14.2. The minimum absolute atomic E-state index is 0.0703. The van der Waals surface area contributed by atoms with Crippen LogP contribution in [0.1, 0.15) is 33.5 Å². The van der Waals surface area contributed by atoms with E-state index in [1.165, 1.54) is 0 Å². The first kappa shape index (κ1) is 33.4. The SMILES string of the molecule is C=CCN1CC(=O)N2[C@@H](Cc3ccc(O)cc3)C(=O)N(Cc3cccc(C(=O)NCCOC)c3)C[C@@H]2N1C(=O)CCc1ccccc1. The first-order chi connectivity index (χ1) is 22.8. The summed E-state index contributed by atoms with van der Waals surface area (Å²) in [5, 5.41) is 16.0. The fourth-order valence-electron chi connectivity index (χ4n) is 6.17. The number of aryl methyl sites for hydroxylation is 1. The molecule has 11 nitrogen and oxygen atoms in total. The molecule has 2 atom stereocenters. The van der Waals surface area contributed by atoms with Crippen LogP contribution in [0.15, 0.2) is 91.5 Å². The largest absolute Gasteiger partial charge is 0.508 e. The number of amides is 4. The van der Waals surface area contributed by atoms with E-state index in [1.807, 2.05) is 36.4 Å². The number of aromatic hydroxyl groups is 1. The van der Waals surface area contributed by atoms with Crippen LogP contribution in [-0.4, -0.2) is 101 Å². The summed E-state index contributed by atoms with van der Waals surface area (Å²) < 4.78 is 5.02. The number of hydrazine groups is 1. The molecule has 2 heterocycles. The van der Waals surface area contributed by atoms with Gasteiger partial charge in [-0.3, -0.25) is 19.2 Å². The van der Waals surface area contributed by atoms with E-state index >= 15 is 0 Å². The number of phenols is 1. The van der Waals surface area contributed by atoms with E-state index in [-0.39, 0.29) is 68.4 Å². The zero-order valence-electron chi connectivity index (χ0n) is 26.6.